The lowest BCUT2D eigenvalue weighted by atomic mass is 10.0. The molecular formula is C16H24N2O3. The van der Waals surface area contributed by atoms with Crippen LogP contribution in [0.1, 0.15) is 18.4 Å². The molecule has 5 nitrogen and oxygen atoms in total. The van der Waals surface area contributed by atoms with E-state index >= 15 is 0 Å². The first-order valence-electron chi connectivity index (χ1n) is 7.64. The highest BCUT2D eigenvalue weighted by atomic mass is 16.5. The van der Waals surface area contributed by atoms with E-state index in [1.807, 2.05) is 12.1 Å². The average Bonchev–Trinajstić information content (AvgIpc) is 2.88. The highest BCUT2D eigenvalue weighted by Gasteiger charge is 2.33. The molecule has 1 fully saturated rings. The third-order valence-corrected chi connectivity index (χ3v) is 4.28. The van der Waals surface area contributed by atoms with Gasteiger partial charge in [-0.15, -0.1) is 0 Å². The first-order chi connectivity index (χ1) is 10.2. The zero-order chi connectivity index (χ0) is 14.7. The SMILES string of the molecule is COc1cccc2c1OCCCN(C[C@@]1(O)CCNC1)C2. The Balaban J connectivity index is 1.78. The van der Waals surface area contributed by atoms with E-state index in [4.69, 9.17) is 9.47 Å². The van der Waals surface area contributed by atoms with Gasteiger partial charge >= 0.3 is 0 Å². The third kappa shape index (κ3) is 3.31. The van der Waals surface area contributed by atoms with Crippen molar-refractivity contribution in [3.05, 3.63) is 23.8 Å². The van der Waals surface area contributed by atoms with Crippen molar-refractivity contribution in [2.45, 2.75) is 25.0 Å². The van der Waals surface area contributed by atoms with Gasteiger partial charge in [-0.05, 0) is 25.5 Å². The third-order valence-electron chi connectivity index (χ3n) is 4.28. The van der Waals surface area contributed by atoms with Crippen molar-refractivity contribution in [1.82, 2.24) is 10.2 Å². The predicted octanol–water partition coefficient (Wildman–Crippen LogP) is 1.00. The van der Waals surface area contributed by atoms with E-state index in [0.29, 0.717) is 19.7 Å². The highest BCUT2D eigenvalue weighted by Crippen LogP contribution is 2.33. The molecule has 0 unspecified atom stereocenters. The summed E-state index contributed by atoms with van der Waals surface area (Å²) in [5.74, 6) is 1.64. The number of aliphatic hydroxyl groups is 1. The highest BCUT2D eigenvalue weighted by molar-refractivity contribution is 5.46. The summed E-state index contributed by atoms with van der Waals surface area (Å²) in [5, 5.41) is 13.8. The van der Waals surface area contributed by atoms with Gasteiger partial charge in [0.1, 0.15) is 0 Å². The largest absolute Gasteiger partial charge is 0.493 e. The van der Waals surface area contributed by atoms with Crippen LogP contribution in [0, 0.1) is 0 Å². The summed E-state index contributed by atoms with van der Waals surface area (Å²) in [7, 11) is 1.67. The quantitative estimate of drug-likeness (QED) is 0.870. The lowest BCUT2D eigenvalue weighted by Gasteiger charge is -2.32. The van der Waals surface area contributed by atoms with E-state index in [-0.39, 0.29) is 0 Å². The first kappa shape index (κ1) is 14.6. The number of β-amino-alcohol motifs (C(OH)–C–C–N with tert-alkyl or cyclic N) is 1. The fourth-order valence-electron chi connectivity index (χ4n) is 3.21. The normalized spacial score (nSPS) is 26.6. The van der Waals surface area contributed by atoms with Gasteiger partial charge in [0.05, 0.1) is 19.3 Å². The van der Waals surface area contributed by atoms with Gasteiger partial charge in [0, 0.05) is 31.7 Å². The second kappa shape index (κ2) is 6.22. The van der Waals surface area contributed by atoms with Crippen LogP contribution in [0.2, 0.25) is 0 Å². The molecule has 0 spiro atoms. The van der Waals surface area contributed by atoms with Crippen LogP contribution in [-0.2, 0) is 6.54 Å². The molecule has 1 saturated heterocycles. The van der Waals surface area contributed by atoms with Crippen LogP contribution in [-0.4, -0.2) is 55.5 Å². The van der Waals surface area contributed by atoms with Gasteiger partial charge in [-0.2, -0.15) is 0 Å². The summed E-state index contributed by atoms with van der Waals surface area (Å²) in [4.78, 5) is 2.33. The molecule has 0 bridgehead atoms. The molecule has 2 heterocycles. The van der Waals surface area contributed by atoms with Crippen molar-refractivity contribution in [3.63, 3.8) is 0 Å². The Morgan fingerprint density at radius 2 is 2.38 bits per heavy atom. The van der Waals surface area contributed by atoms with E-state index in [0.717, 1.165) is 49.5 Å². The molecule has 2 N–H and O–H groups in total. The molecule has 116 valence electrons. The number of hydrogen-bond donors (Lipinski definition) is 2. The number of nitrogens with one attached hydrogen (secondary N) is 1. The van der Waals surface area contributed by atoms with E-state index in [2.05, 4.69) is 16.3 Å². The smallest absolute Gasteiger partial charge is 0.165 e. The number of para-hydroxylation sites is 1. The van der Waals surface area contributed by atoms with Gasteiger partial charge in [0.25, 0.3) is 0 Å². The molecule has 0 amide bonds. The van der Waals surface area contributed by atoms with Crippen LogP contribution < -0.4 is 14.8 Å². The van der Waals surface area contributed by atoms with E-state index < -0.39 is 5.60 Å². The van der Waals surface area contributed by atoms with Crippen LogP contribution in [0.15, 0.2) is 18.2 Å². The monoisotopic (exact) mass is 292 g/mol. The maximum absolute atomic E-state index is 10.6. The molecular weight excluding hydrogens is 268 g/mol. The van der Waals surface area contributed by atoms with Crippen LogP contribution in [0.3, 0.4) is 0 Å². The van der Waals surface area contributed by atoms with Crippen LogP contribution in [0.4, 0.5) is 0 Å². The number of benzene rings is 1. The molecule has 1 aromatic carbocycles. The van der Waals surface area contributed by atoms with Gasteiger partial charge in [0.15, 0.2) is 11.5 Å². The number of methoxy groups -OCH3 is 1. The summed E-state index contributed by atoms with van der Waals surface area (Å²) in [6.45, 7) is 4.70. The molecule has 21 heavy (non-hydrogen) atoms. The molecule has 0 radical (unpaired) electrons. The van der Waals surface area contributed by atoms with Gasteiger partial charge in [-0.25, -0.2) is 0 Å². The fourth-order valence-corrected chi connectivity index (χ4v) is 3.21. The molecule has 0 aliphatic carbocycles. The van der Waals surface area contributed by atoms with E-state index in [1.165, 1.54) is 0 Å². The molecule has 1 aromatic rings. The Labute approximate surface area is 125 Å². The van der Waals surface area contributed by atoms with Crippen LogP contribution >= 0.6 is 0 Å². The fraction of sp³-hybridized carbons (Fsp3) is 0.625. The minimum atomic E-state index is -0.598. The van der Waals surface area contributed by atoms with Crippen molar-refractivity contribution in [2.24, 2.45) is 0 Å². The lowest BCUT2D eigenvalue weighted by molar-refractivity contribution is 0.0152. The predicted molar refractivity (Wildman–Crippen MR) is 80.8 cm³/mol. The zero-order valence-corrected chi connectivity index (χ0v) is 12.6. The van der Waals surface area contributed by atoms with Crippen molar-refractivity contribution in [2.75, 3.05) is 39.9 Å². The molecule has 2 aliphatic heterocycles. The summed E-state index contributed by atoms with van der Waals surface area (Å²) in [6.07, 6.45) is 1.78. The number of rotatable bonds is 3. The molecule has 5 heteroatoms. The molecule has 3 rings (SSSR count). The zero-order valence-electron chi connectivity index (χ0n) is 12.6. The second-order valence-electron chi connectivity index (χ2n) is 6.01. The maximum atomic E-state index is 10.6. The van der Waals surface area contributed by atoms with Crippen molar-refractivity contribution >= 4 is 0 Å². The Kier molecular flexibility index (Phi) is 4.33. The van der Waals surface area contributed by atoms with E-state index in [1.54, 1.807) is 7.11 Å². The standard InChI is InChI=1S/C16H24N2O3/c1-20-14-5-2-4-13-10-18(8-3-9-21-15(13)14)12-16(19)6-7-17-11-16/h2,4-5,17,19H,3,6-12H2,1H3/t16-/m1/s1. The molecule has 1 atom stereocenters. The number of nitrogens with zero attached hydrogens (tertiary/aromatic N) is 1. The van der Waals surface area contributed by atoms with Crippen LogP contribution in [0.5, 0.6) is 11.5 Å². The molecule has 2 aliphatic rings. The summed E-state index contributed by atoms with van der Waals surface area (Å²) >= 11 is 0. The Hall–Kier alpha value is -1.30. The second-order valence-corrected chi connectivity index (χ2v) is 6.01. The Bertz CT molecular complexity index is 486. The van der Waals surface area contributed by atoms with Gasteiger partial charge in [-0.3, -0.25) is 4.90 Å². The van der Waals surface area contributed by atoms with Gasteiger partial charge in [-0.1, -0.05) is 12.1 Å². The minimum Gasteiger partial charge on any atom is -0.493 e. The number of fused-ring (bicyclic) bond motifs is 1. The summed E-state index contributed by atoms with van der Waals surface area (Å²) in [6, 6.07) is 6.00. The first-order valence-corrected chi connectivity index (χ1v) is 7.64. The van der Waals surface area contributed by atoms with Crippen LogP contribution in [0.25, 0.3) is 0 Å². The Morgan fingerprint density at radius 3 is 3.14 bits per heavy atom. The van der Waals surface area contributed by atoms with Crippen molar-refractivity contribution in [1.29, 1.82) is 0 Å². The van der Waals surface area contributed by atoms with Gasteiger partial charge in [0.2, 0.25) is 0 Å². The minimum absolute atomic E-state index is 0.598. The molecule has 0 saturated carbocycles. The number of hydrogen-bond acceptors (Lipinski definition) is 5. The van der Waals surface area contributed by atoms with Crippen molar-refractivity contribution in [3.8, 4) is 11.5 Å². The average molecular weight is 292 g/mol. The summed E-state index contributed by atoms with van der Waals surface area (Å²) < 4.78 is 11.3. The van der Waals surface area contributed by atoms with E-state index in [9.17, 15) is 5.11 Å². The molecule has 0 aromatic heterocycles. The van der Waals surface area contributed by atoms with Gasteiger partial charge < -0.3 is 19.9 Å². The lowest BCUT2D eigenvalue weighted by Crippen LogP contribution is -2.45. The topological polar surface area (TPSA) is 54.0 Å². The maximum Gasteiger partial charge on any atom is 0.165 e. The van der Waals surface area contributed by atoms with Crippen molar-refractivity contribution < 1.29 is 14.6 Å². The number of ether oxygens (including phenoxy) is 2. The Morgan fingerprint density at radius 1 is 1.48 bits per heavy atom. The summed E-state index contributed by atoms with van der Waals surface area (Å²) in [5.41, 5.74) is 0.530.